The minimum Gasteiger partial charge on any atom is -0.495 e. The molecule has 0 radical (unpaired) electrons. The first-order valence-electron chi connectivity index (χ1n) is 9.04. The summed E-state index contributed by atoms with van der Waals surface area (Å²) < 4.78 is 11.9. The zero-order chi connectivity index (χ0) is 20.6. The van der Waals surface area contributed by atoms with Gasteiger partial charge in [0.15, 0.2) is 0 Å². The van der Waals surface area contributed by atoms with Gasteiger partial charge in [-0.15, -0.1) is 0 Å². The van der Waals surface area contributed by atoms with Crippen LogP contribution in [0.25, 0.3) is 11.3 Å². The SMILES string of the molecule is CCOc1ccc(-c2cncc(C(=O)NCCn3cc(OC)ccc3=O)n2)cn1. The fourth-order valence-electron chi connectivity index (χ4n) is 2.56. The van der Waals surface area contributed by atoms with Crippen LogP contribution in [0.5, 0.6) is 11.6 Å². The Morgan fingerprint density at radius 1 is 1.17 bits per heavy atom. The van der Waals surface area contributed by atoms with Crippen molar-refractivity contribution in [1.29, 1.82) is 0 Å². The minimum atomic E-state index is -0.380. The first-order valence-corrected chi connectivity index (χ1v) is 9.04. The van der Waals surface area contributed by atoms with Crippen molar-refractivity contribution in [1.82, 2.24) is 24.8 Å². The Bertz CT molecular complexity index is 1030. The molecule has 0 fully saturated rings. The lowest BCUT2D eigenvalue weighted by atomic mass is 10.2. The molecule has 0 atom stereocenters. The van der Waals surface area contributed by atoms with Crippen LogP contribution >= 0.6 is 0 Å². The molecule has 3 aromatic rings. The van der Waals surface area contributed by atoms with E-state index in [2.05, 4.69) is 20.3 Å². The van der Waals surface area contributed by atoms with Crippen LogP contribution in [0.1, 0.15) is 17.4 Å². The molecule has 0 aliphatic carbocycles. The minimum absolute atomic E-state index is 0.175. The molecule has 3 heterocycles. The molecule has 0 saturated heterocycles. The Morgan fingerprint density at radius 2 is 2.03 bits per heavy atom. The molecular formula is C20H21N5O4. The average Bonchev–Trinajstić information content (AvgIpc) is 2.76. The highest BCUT2D eigenvalue weighted by Gasteiger charge is 2.10. The number of hydrogen-bond acceptors (Lipinski definition) is 7. The zero-order valence-electron chi connectivity index (χ0n) is 16.2. The van der Waals surface area contributed by atoms with E-state index in [1.165, 1.54) is 23.9 Å². The third kappa shape index (κ3) is 5.16. The predicted octanol–water partition coefficient (Wildman–Crippen LogP) is 1.54. The van der Waals surface area contributed by atoms with Crippen LogP contribution in [-0.2, 0) is 6.54 Å². The molecule has 9 nitrogen and oxygen atoms in total. The molecule has 0 bridgehead atoms. The van der Waals surface area contributed by atoms with Gasteiger partial charge < -0.3 is 19.4 Å². The lowest BCUT2D eigenvalue weighted by Gasteiger charge is -2.09. The van der Waals surface area contributed by atoms with Crippen molar-refractivity contribution in [2.24, 2.45) is 0 Å². The number of pyridine rings is 2. The van der Waals surface area contributed by atoms with Gasteiger partial charge in [-0.25, -0.2) is 9.97 Å². The molecule has 0 spiro atoms. The van der Waals surface area contributed by atoms with E-state index in [1.807, 2.05) is 6.92 Å². The summed E-state index contributed by atoms with van der Waals surface area (Å²) in [6.45, 7) is 2.97. The summed E-state index contributed by atoms with van der Waals surface area (Å²) >= 11 is 0. The third-order valence-corrected chi connectivity index (χ3v) is 4.02. The van der Waals surface area contributed by atoms with Crippen molar-refractivity contribution in [3.8, 4) is 22.9 Å². The number of methoxy groups -OCH3 is 1. The monoisotopic (exact) mass is 395 g/mol. The molecule has 9 heteroatoms. The largest absolute Gasteiger partial charge is 0.495 e. The normalized spacial score (nSPS) is 10.4. The van der Waals surface area contributed by atoms with E-state index in [9.17, 15) is 9.59 Å². The van der Waals surface area contributed by atoms with Gasteiger partial charge in [0.2, 0.25) is 5.88 Å². The molecule has 150 valence electrons. The van der Waals surface area contributed by atoms with Gasteiger partial charge in [-0.1, -0.05) is 0 Å². The number of nitrogens with zero attached hydrogens (tertiary/aromatic N) is 4. The van der Waals surface area contributed by atoms with Gasteiger partial charge in [0.25, 0.3) is 11.5 Å². The number of carbonyl (C=O) groups excluding carboxylic acids is 1. The van der Waals surface area contributed by atoms with E-state index < -0.39 is 0 Å². The molecule has 0 aliphatic heterocycles. The van der Waals surface area contributed by atoms with Crippen LogP contribution in [0.3, 0.4) is 0 Å². The van der Waals surface area contributed by atoms with Crippen LogP contribution in [0.4, 0.5) is 0 Å². The Balaban J connectivity index is 1.64. The van der Waals surface area contributed by atoms with Gasteiger partial charge in [-0.2, -0.15) is 0 Å². The van der Waals surface area contributed by atoms with Crippen molar-refractivity contribution in [2.45, 2.75) is 13.5 Å². The third-order valence-electron chi connectivity index (χ3n) is 4.02. The van der Waals surface area contributed by atoms with Crippen LogP contribution in [0.2, 0.25) is 0 Å². The van der Waals surface area contributed by atoms with E-state index >= 15 is 0 Å². The van der Waals surface area contributed by atoms with Gasteiger partial charge in [0.1, 0.15) is 11.4 Å². The molecule has 0 aromatic carbocycles. The summed E-state index contributed by atoms with van der Waals surface area (Å²) in [4.78, 5) is 36.9. The van der Waals surface area contributed by atoms with Crippen molar-refractivity contribution < 1.29 is 14.3 Å². The predicted molar refractivity (Wildman–Crippen MR) is 106 cm³/mol. The van der Waals surface area contributed by atoms with E-state index in [1.54, 1.807) is 36.8 Å². The molecule has 0 aliphatic rings. The van der Waals surface area contributed by atoms with Crippen molar-refractivity contribution >= 4 is 5.91 Å². The number of hydrogen-bond donors (Lipinski definition) is 1. The molecular weight excluding hydrogens is 374 g/mol. The van der Waals surface area contributed by atoms with E-state index in [0.29, 0.717) is 30.5 Å². The standard InChI is InChI=1S/C20H21N5O4/c1-3-29-18-6-4-14(10-23-18)16-11-21-12-17(24-16)20(27)22-8-9-25-13-15(28-2)5-7-19(25)26/h4-7,10-13H,3,8-9H2,1-2H3,(H,22,27). The second-order valence-corrected chi connectivity index (χ2v) is 5.96. The summed E-state index contributed by atoms with van der Waals surface area (Å²) in [5, 5.41) is 2.74. The fourth-order valence-corrected chi connectivity index (χ4v) is 2.56. The molecule has 29 heavy (non-hydrogen) atoms. The molecule has 0 unspecified atom stereocenters. The maximum atomic E-state index is 12.4. The first-order chi connectivity index (χ1) is 14.1. The summed E-state index contributed by atoms with van der Waals surface area (Å²) in [6.07, 6.45) is 6.15. The summed E-state index contributed by atoms with van der Waals surface area (Å²) in [5.74, 6) is 0.707. The maximum Gasteiger partial charge on any atom is 0.271 e. The van der Waals surface area contributed by atoms with E-state index in [0.717, 1.165) is 5.56 Å². The Kier molecular flexibility index (Phi) is 6.51. The second-order valence-electron chi connectivity index (χ2n) is 5.96. The second kappa shape index (κ2) is 9.45. The molecule has 3 rings (SSSR count). The van der Waals surface area contributed by atoms with Crippen LogP contribution in [0, 0.1) is 0 Å². The summed E-state index contributed by atoms with van der Waals surface area (Å²) in [7, 11) is 1.53. The Morgan fingerprint density at radius 3 is 2.76 bits per heavy atom. The molecule has 1 amide bonds. The molecule has 1 N–H and O–H groups in total. The van der Waals surface area contributed by atoms with Crippen LogP contribution in [0.15, 0.2) is 53.8 Å². The topological polar surface area (TPSA) is 108 Å². The van der Waals surface area contributed by atoms with Gasteiger partial charge in [-0.3, -0.25) is 14.6 Å². The quantitative estimate of drug-likeness (QED) is 0.616. The number of aromatic nitrogens is 4. The highest BCUT2D eigenvalue weighted by Crippen LogP contribution is 2.17. The van der Waals surface area contributed by atoms with Crippen molar-refractivity contribution in [3.63, 3.8) is 0 Å². The lowest BCUT2D eigenvalue weighted by molar-refractivity contribution is 0.0947. The maximum absolute atomic E-state index is 12.4. The van der Waals surface area contributed by atoms with Crippen LogP contribution in [-0.4, -0.2) is 45.7 Å². The summed E-state index contributed by atoms with van der Waals surface area (Å²) in [6, 6.07) is 6.55. The van der Waals surface area contributed by atoms with Gasteiger partial charge >= 0.3 is 0 Å². The Labute approximate surface area is 167 Å². The highest BCUT2D eigenvalue weighted by atomic mass is 16.5. The zero-order valence-corrected chi connectivity index (χ0v) is 16.2. The number of amides is 1. The number of rotatable bonds is 8. The Hall–Kier alpha value is -3.75. The smallest absolute Gasteiger partial charge is 0.271 e. The van der Waals surface area contributed by atoms with Crippen LogP contribution < -0.4 is 20.3 Å². The first kappa shape index (κ1) is 20.0. The van der Waals surface area contributed by atoms with Gasteiger partial charge in [-0.05, 0) is 19.1 Å². The highest BCUT2D eigenvalue weighted by molar-refractivity contribution is 5.92. The summed E-state index contributed by atoms with van der Waals surface area (Å²) in [5.41, 5.74) is 1.25. The van der Waals surface area contributed by atoms with E-state index in [4.69, 9.17) is 9.47 Å². The van der Waals surface area contributed by atoms with Crippen molar-refractivity contribution in [2.75, 3.05) is 20.3 Å². The number of nitrogens with one attached hydrogen (secondary N) is 1. The lowest BCUT2D eigenvalue weighted by Crippen LogP contribution is -2.31. The van der Waals surface area contributed by atoms with Crippen molar-refractivity contribution in [3.05, 3.63) is 65.1 Å². The number of carbonyl (C=O) groups is 1. The van der Waals surface area contributed by atoms with Gasteiger partial charge in [0, 0.05) is 43.2 Å². The van der Waals surface area contributed by atoms with Gasteiger partial charge in [0.05, 0.1) is 31.8 Å². The average molecular weight is 395 g/mol. The molecule has 0 saturated carbocycles. The molecule has 3 aromatic heterocycles. The number of ether oxygens (including phenoxy) is 2. The fraction of sp³-hybridized carbons (Fsp3) is 0.250. The van der Waals surface area contributed by atoms with E-state index in [-0.39, 0.29) is 23.7 Å².